The van der Waals surface area contributed by atoms with Gasteiger partial charge in [0.15, 0.2) is 0 Å². The van der Waals surface area contributed by atoms with Gasteiger partial charge >= 0.3 is 0 Å². The van der Waals surface area contributed by atoms with Crippen LogP contribution in [0.5, 0.6) is 17.2 Å². The molecular weight excluding hydrogens is 368 g/mol. The lowest BCUT2D eigenvalue weighted by molar-refractivity contribution is 0.0954. The molecule has 150 valence electrons. The molecule has 0 bridgehead atoms. The summed E-state index contributed by atoms with van der Waals surface area (Å²) in [5.41, 5.74) is 3.77. The number of carbonyl (C=O) groups excluding carboxylic acids is 1. The van der Waals surface area contributed by atoms with Crippen molar-refractivity contribution in [1.82, 2.24) is 5.43 Å². The van der Waals surface area contributed by atoms with Crippen molar-refractivity contribution in [2.45, 2.75) is 13.3 Å². The number of carbonyl (C=O) groups is 1. The summed E-state index contributed by atoms with van der Waals surface area (Å²) in [5.74, 6) is 1.42. The Balaban J connectivity index is 1.86. The van der Waals surface area contributed by atoms with E-state index in [-0.39, 0.29) is 5.91 Å². The Morgan fingerprint density at radius 3 is 2.45 bits per heavy atom. The van der Waals surface area contributed by atoms with Gasteiger partial charge in [-0.3, -0.25) is 4.79 Å². The molecule has 0 aliphatic carbocycles. The van der Waals surface area contributed by atoms with Crippen molar-refractivity contribution in [3.8, 4) is 17.2 Å². The van der Waals surface area contributed by atoms with Gasteiger partial charge in [0.1, 0.15) is 17.2 Å². The Labute approximate surface area is 170 Å². The maximum atomic E-state index is 12.5. The highest BCUT2D eigenvalue weighted by Crippen LogP contribution is 2.27. The summed E-state index contributed by atoms with van der Waals surface area (Å²) in [4.78, 5) is 12.5. The monoisotopic (exact) mass is 392 g/mol. The van der Waals surface area contributed by atoms with Gasteiger partial charge in [0.25, 0.3) is 5.91 Å². The van der Waals surface area contributed by atoms with Crippen LogP contribution in [0.3, 0.4) is 0 Å². The van der Waals surface area contributed by atoms with Crippen molar-refractivity contribution >= 4 is 22.9 Å². The van der Waals surface area contributed by atoms with Crippen LogP contribution in [0.15, 0.2) is 59.7 Å². The molecule has 0 atom stereocenters. The van der Waals surface area contributed by atoms with E-state index >= 15 is 0 Å². The van der Waals surface area contributed by atoms with Crippen molar-refractivity contribution in [3.05, 3.63) is 65.7 Å². The molecule has 3 rings (SSSR count). The molecule has 6 heteroatoms. The first kappa shape index (κ1) is 20.2. The van der Waals surface area contributed by atoms with Crippen LogP contribution in [0, 0.1) is 0 Å². The molecule has 0 aliphatic heterocycles. The molecule has 3 aromatic rings. The van der Waals surface area contributed by atoms with Gasteiger partial charge in [-0.2, -0.15) is 5.10 Å². The fraction of sp³-hybridized carbons (Fsp3) is 0.217. The van der Waals surface area contributed by atoms with Crippen molar-refractivity contribution in [2.24, 2.45) is 5.10 Å². The molecule has 0 aromatic heterocycles. The van der Waals surface area contributed by atoms with Crippen LogP contribution in [0.2, 0.25) is 0 Å². The van der Waals surface area contributed by atoms with Gasteiger partial charge in [-0.15, -0.1) is 0 Å². The number of hydrazone groups is 1. The Bertz CT molecular complexity index is 1010. The fourth-order valence-corrected chi connectivity index (χ4v) is 2.91. The van der Waals surface area contributed by atoms with Gasteiger partial charge in [0, 0.05) is 17.2 Å². The third-order valence-electron chi connectivity index (χ3n) is 4.37. The van der Waals surface area contributed by atoms with E-state index in [1.54, 1.807) is 24.4 Å². The second-order valence-electron chi connectivity index (χ2n) is 6.35. The summed E-state index contributed by atoms with van der Waals surface area (Å²) in [6.45, 7) is 2.66. The SMILES string of the molecule is CCCOc1ccc2ccccc2c1/C=N\NC(=O)c1cc(OC)cc(OC)c1. The molecule has 0 saturated heterocycles. The molecule has 29 heavy (non-hydrogen) atoms. The zero-order valence-corrected chi connectivity index (χ0v) is 16.8. The number of benzene rings is 3. The number of hydrogen-bond donors (Lipinski definition) is 1. The Morgan fingerprint density at radius 1 is 1.03 bits per heavy atom. The van der Waals surface area contributed by atoms with Crippen molar-refractivity contribution < 1.29 is 19.0 Å². The molecule has 1 N–H and O–H groups in total. The number of nitrogens with zero attached hydrogens (tertiary/aromatic N) is 1. The molecule has 0 radical (unpaired) electrons. The topological polar surface area (TPSA) is 69.2 Å². The fourth-order valence-electron chi connectivity index (χ4n) is 2.91. The number of nitrogens with one attached hydrogen (secondary N) is 1. The van der Waals surface area contributed by atoms with E-state index in [1.807, 2.05) is 36.4 Å². The predicted molar refractivity (Wildman–Crippen MR) is 114 cm³/mol. The number of methoxy groups -OCH3 is 2. The molecule has 6 nitrogen and oxygen atoms in total. The summed E-state index contributed by atoms with van der Waals surface area (Å²) in [7, 11) is 3.07. The molecule has 0 saturated carbocycles. The Morgan fingerprint density at radius 2 is 1.76 bits per heavy atom. The van der Waals surface area contributed by atoms with Gasteiger partial charge < -0.3 is 14.2 Å². The molecule has 0 fully saturated rings. The summed E-state index contributed by atoms with van der Waals surface area (Å²) in [5, 5.41) is 6.23. The zero-order valence-electron chi connectivity index (χ0n) is 16.8. The zero-order chi connectivity index (χ0) is 20.6. The highest BCUT2D eigenvalue weighted by Gasteiger charge is 2.10. The highest BCUT2D eigenvalue weighted by molar-refractivity contribution is 6.03. The minimum Gasteiger partial charge on any atom is -0.497 e. The molecule has 0 heterocycles. The number of amides is 1. The smallest absolute Gasteiger partial charge is 0.271 e. The lowest BCUT2D eigenvalue weighted by atomic mass is 10.0. The quantitative estimate of drug-likeness (QED) is 0.455. The maximum Gasteiger partial charge on any atom is 0.271 e. The van der Waals surface area contributed by atoms with Gasteiger partial charge in [0.05, 0.1) is 27.0 Å². The number of ether oxygens (including phenoxy) is 3. The van der Waals surface area contributed by atoms with Crippen LogP contribution in [-0.4, -0.2) is 32.9 Å². The van der Waals surface area contributed by atoms with E-state index in [1.165, 1.54) is 14.2 Å². The van der Waals surface area contributed by atoms with Crippen molar-refractivity contribution in [2.75, 3.05) is 20.8 Å². The molecule has 1 amide bonds. The Kier molecular flexibility index (Phi) is 6.68. The third-order valence-corrected chi connectivity index (χ3v) is 4.37. The number of fused-ring (bicyclic) bond motifs is 1. The summed E-state index contributed by atoms with van der Waals surface area (Å²) in [6, 6.07) is 16.9. The molecule has 0 unspecified atom stereocenters. The largest absolute Gasteiger partial charge is 0.497 e. The maximum absolute atomic E-state index is 12.5. The standard InChI is InChI=1S/C23H24N2O4/c1-4-11-29-22-10-9-16-7-5-6-8-20(16)21(22)15-24-25-23(26)17-12-18(27-2)14-19(13-17)28-3/h5-10,12-15H,4,11H2,1-3H3,(H,25,26)/b24-15-. The van der Waals surface area contributed by atoms with E-state index in [9.17, 15) is 4.79 Å². The van der Waals surface area contributed by atoms with Gasteiger partial charge in [-0.25, -0.2) is 5.43 Å². The van der Waals surface area contributed by atoms with Gasteiger partial charge in [-0.1, -0.05) is 37.3 Å². The lowest BCUT2D eigenvalue weighted by Crippen LogP contribution is -2.18. The molecule has 0 aliphatic rings. The van der Waals surface area contributed by atoms with Crippen molar-refractivity contribution in [1.29, 1.82) is 0 Å². The van der Waals surface area contributed by atoms with Gasteiger partial charge in [0.2, 0.25) is 0 Å². The van der Waals surface area contributed by atoms with Crippen molar-refractivity contribution in [3.63, 3.8) is 0 Å². The number of hydrogen-bond acceptors (Lipinski definition) is 5. The second-order valence-corrected chi connectivity index (χ2v) is 6.35. The highest BCUT2D eigenvalue weighted by atomic mass is 16.5. The van der Waals surface area contributed by atoms with E-state index < -0.39 is 0 Å². The van der Waals surface area contributed by atoms with E-state index in [0.29, 0.717) is 23.7 Å². The summed E-state index contributed by atoms with van der Waals surface area (Å²) >= 11 is 0. The first-order valence-electron chi connectivity index (χ1n) is 9.37. The average Bonchev–Trinajstić information content (AvgIpc) is 2.77. The van der Waals surface area contributed by atoms with Crippen LogP contribution in [0.4, 0.5) is 0 Å². The van der Waals surface area contributed by atoms with E-state index in [0.717, 1.165) is 28.5 Å². The van der Waals surface area contributed by atoms with Crippen LogP contribution < -0.4 is 19.6 Å². The minimum atomic E-state index is -0.366. The number of rotatable bonds is 8. The summed E-state index contributed by atoms with van der Waals surface area (Å²) in [6.07, 6.45) is 2.51. The lowest BCUT2D eigenvalue weighted by Gasteiger charge is -2.11. The summed E-state index contributed by atoms with van der Waals surface area (Å²) < 4.78 is 16.3. The molecular formula is C23H24N2O4. The molecule has 3 aromatic carbocycles. The van der Waals surface area contributed by atoms with Crippen LogP contribution >= 0.6 is 0 Å². The minimum absolute atomic E-state index is 0.366. The Hall–Kier alpha value is -3.54. The first-order valence-corrected chi connectivity index (χ1v) is 9.37. The first-order chi connectivity index (χ1) is 14.2. The van der Waals surface area contributed by atoms with Gasteiger partial charge in [-0.05, 0) is 35.4 Å². The second kappa shape index (κ2) is 9.59. The van der Waals surface area contributed by atoms with Crippen LogP contribution in [-0.2, 0) is 0 Å². The van der Waals surface area contributed by atoms with E-state index in [2.05, 4.69) is 17.5 Å². The average molecular weight is 392 g/mol. The van der Waals surface area contributed by atoms with Crippen LogP contribution in [0.25, 0.3) is 10.8 Å². The van der Waals surface area contributed by atoms with E-state index in [4.69, 9.17) is 14.2 Å². The molecule has 0 spiro atoms. The third kappa shape index (κ3) is 4.85. The van der Waals surface area contributed by atoms with Crippen LogP contribution in [0.1, 0.15) is 29.3 Å². The normalized spacial score (nSPS) is 10.9. The predicted octanol–water partition coefficient (Wildman–Crippen LogP) is 4.41.